The highest BCUT2D eigenvalue weighted by Gasteiger charge is 2.25. The predicted octanol–water partition coefficient (Wildman–Crippen LogP) is 1.78. The molecule has 1 aromatic rings. The third-order valence-electron chi connectivity index (χ3n) is 2.34. The van der Waals surface area contributed by atoms with Gasteiger partial charge in [0.15, 0.2) is 0 Å². The molecule has 2 rings (SSSR count). The van der Waals surface area contributed by atoms with Gasteiger partial charge in [0.05, 0.1) is 16.8 Å². The van der Waals surface area contributed by atoms with Crippen molar-refractivity contribution in [1.82, 2.24) is 0 Å². The average molecular weight is 231 g/mol. The zero-order valence-electron chi connectivity index (χ0n) is 9.06. The van der Waals surface area contributed by atoms with Crippen molar-refractivity contribution in [1.29, 1.82) is 0 Å². The summed E-state index contributed by atoms with van der Waals surface area (Å²) < 4.78 is 0. The third-order valence-corrected chi connectivity index (χ3v) is 2.34. The molecular weight excluding hydrogens is 222 g/mol. The predicted molar refractivity (Wildman–Crippen MR) is 58.9 cm³/mol. The molecule has 6 heteroatoms. The van der Waals surface area contributed by atoms with Gasteiger partial charge in [-0.1, -0.05) is 13.0 Å². The SMILES string of the molecule is CCC(=O)Nc1cccc2c1C(=O)N=NC2=O. The van der Waals surface area contributed by atoms with Crippen LogP contribution in [0.25, 0.3) is 0 Å². The van der Waals surface area contributed by atoms with E-state index in [1.807, 2.05) is 0 Å². The van der Waals surface area contributed by atoms with Crippen molar-refractivity contribution in [3.05, 3.63) is 29.3 Å². The molecule has 0 unspecified atom stereocenters. The molecule has 3 amide bonds. The number of carbonyl (C=O) groups is 3. The molecule has 1 aliphatic heterocycles. The number of nitrogens with one attached hydrogen (secondary N) is 1. The van der Waals surface area contributed by atoms with E-state index in [0.29, 0.717) is 5.69 Å². The van der Waals surface area contributed by atoms with Crippen molar-refractivity contribution >= 4 is 23.4 Å². The molecule has 86 valence electrons. The first-order valence-corrected chi connectivity index (χ1v) is 5.06. The van der Waals surface area contributed by atoms with Crippen molar-refractivity contribution in [2.75, 3.05) is 5.32 Å². The Labute approximate surface area is 96.7 Å². The quantitative estimate of drug-likeness (QED) is 0.841. The summed E-state index contributed by atoms with van der Waals surface area (Å²) in [5.41, 5.74) is 0.569. The van der Waals surface area contributed by atoms with Crippen LogP contribution in [0.5, 0.6) is 0 Å². The summed E-state index contributed by atoms with van der Waals surface area (Å²) in [5.74, 6) is -1.43. The van der Waals surface area contributed by atoms with Crippen LogP contribution < -0.4 is 5.32 Å². The molecule has 0 radical (unpaired) electrons. The fourth-order valence-electron chi connectivity index (χ4n) is 1.50. The van der Waals surface area contributed by atoms with Crippen LogP contribution in [0.15, 0.2) is 28.4 Å². The van der Waals surface area contributed by atoms with Crippen LogP contribution in [0.2, 0.25) is 0 Å². The number of fused-ring (bicyclic) bond motifs is 1. The summed E-state index contributed by atoms with van der Waals surface area (Å²) in [6.07, 6.45) is 0.285. The molecular formula is C11H9N3O3. The Balaban J connectivity index is 2.50. The summed E-state index contributed by atoms with van der Waals surface area (Å²) in [6.45, 7) is 1.69. The topological polar surface area (TPSA) is 88.0 Å². The van der Waals surface area contributed by atoms with E-state index in [2.05, 4.69) is 15.5 Å². The zero-order valence-corrected chi connectivity index (χ0v) is 9.06. The highest BCUT2D eigenvalue weighted by Crippen LogP contribution is 2.25. The minimum absolute atomic E-state index is 0.106. The molecule has 17 heavy (non-hydrogen) atoms. The van der Waals surface area contributed by atoms with Gasteiger partial charge in [-0.3, -0.25) is 14.4 Å². The number of amides is 3. The van der Waals surface area contributed by atoms with Crippen LogP contribution in [0, 0.1) is 0 Å². The minimum atomic E-state index is -0.619. The largest absolute Gasteiger partial charge is 0.325 e. The highest BCUT2D eigenvalue weighted by atomic mass is 16.2. The molecule has 1 heterocycles. The maximum absolute atomic E-state index is 11.6. The van der Waals surface area contributed by atoms with Gasteiger partial charge in [0.1, 0.15) is 0 Å². The van der Waals surface area contributed by atoms with Crippen molar-refractivity contribution < 1.29 is 14.4 Å². The van der Waals surface area contributed by atoms with Crippen molar-refractivity contribution in [2.45, 2.75) is 13.3 Å². The number of azo groups is 1. The van der Waals surface area contributed by atoms with Crippen molar-refractivity contribution in [3.8, 4) is 0 Å². The Morgan fingerprint density at radius 2 is 1.94 bits per heavy atom. The molecule has 6 nitrogen and oxygen atoms in total. The molecule has 0 spiro atoms. The van der Waals surface area contributed by atoms with Gasteiger partial charge in [-0.15, -0.1) is 10.2 Å². The van der Waals surface area contributed by atoms with Crippen molar-refractivity contribution in [3.63, 3.8) is 0 Å². The van der Waals surface area contributed by atoms with E-state index >= 15 is 0 Å². The van der Waals surface area contributed by atoms with Crippen LogP contribution in [0.3, 0.4) is 0 Å². The van der Waals surface area contributed by atoms with E-state index in [-0.39, 0.29) is 23.5 Å². The van der Waals surface area contributed by atoms with Crippen LogP contribution >= 0.6 is 0 Å². The highest BCUT2D eigenvalue weighted by molar-refractivity contribution is 6.15. The molecule has 1 aromatic carbocycles. The fraction of sp³-hybridized carbons (Fsp3) is 0.182. The lowest BCUT2D eigenvalue weighted by Crippen LogP contribution is -2.17. The van der Waals surface area contributed by atoms with Gasteiger partial charge in [0.2, 0.25) is 5.91 Å². The van der Waals surface area contributed by atoms with E-state index < -0.39 is 11.8 Å². The summed E-state index contributed by atoms with van der Waals surface area (Å²) in [4.78, 5) is 34.3. The molecule has 0 bridgehead atoms. The summed E-state index contributed by atoms with van der Waals surface area (Å²) in [5, 5.41) is 9.00. The molecule has 0 saturated carbocycles. The second-order valence-corrected chi connectivity index (χ2v) is 3.44. The van der Waals surface area contributed by atoms with Gasteiger partial charge in [-0.2, -0.15) is 0 Å². The Hall–Kier alpha value is -2.37. The third kappa shape index (κ3) is 1.96. The number of benzene rings is 1. The summed E-state index contributed by atoms with van der Waals surface area (Å²) in [6, 6.07) is 4.61. The van der Waals surface area contributed by atoms with Crippen LogP contribution in [0.1, 0.15) is 34.1 Å². The maximum atomic E-state index is 11.6. The molecule has 1 N–H and O–H groups in total. The summed E-state index contributed by atoms with van der Waals surface area (Å²) >= 11 is 0. The smallest absolute Gasteiger partial charge is 0.298 e. The lowest BCUT2D eigenvalue weighted by Gasteiger charge is -2.12. The number of rotatable bonds is 2. The van der Waals surface area contributed by atoms with Gasteiger partial charge in [-0.05, 0) is 12.1 Å². The van der Waals surface area contributed by atoms with E-state index in [1.165, 1.54) is 6.07 Å². The van der Waals surface area contributed by atoms with Gasteiger partial charge >= 0.3 is 0 Å². The van der Waals surface area contributed by atoms with Gasteiger partial charge in [0.25, 0.3) is 11.8 Å². The Kier molecular flexibility index (Phi) is 2.78. The minimum Gasteiger partial charge on any atom is -0.325 e. The molecule has 0 aromatic heterocycles. The fourth-order valence-corrected chi connectivity index (χ4v) is 1.50. The zero-order chi connectivity index (χ0) is 12.4. The van der Waals surface area contributed by atoms with Crippen LogP contribution in [0.4, 0.5) is 5.69 Å². The van der Waals surface area contributed by atoms with E-state index in [9.17, 15) is 14.4 Å². The first kappa shape index (κ1) is 11.1. The standard InChI is InChI=1S/C11H9N3O3/c1-2-8(15)12-7-5-3-4-6-9(7)11(17)14-13-10(6)16/h3-5H,2H2,1H3,(H,12,15). The number of hydrogen-bond donors (Lipinski definition) is 1. The lowest BCUT2D eigenvalue weighted by molar-refractivity contribution is -0.115. The van der Waals surface area contributed by atoms with E-state index in [1.54, 1.807) is 19.1 Å². The molecule has 0 fully saturated rings. The number of carbonyl (C=O) groups excluding carboxylic acids is 3. The normalized spacial score (nSPS) is 13.5. The van der Waals surface area contributed by atoms with Gasteiger partial charge in [0, 0.05) is 6.42 Å². The molecule has 0 atom stereocenters. The Morgan fingerprint density at radius 3 is 2.65 bits per heavy atom. The lowest BCUT2D eigenvalue weighted by atomic mass is 10.0. The Bertz CT molecular complexity index is 549. The number of anilines is 1. The monoisotopic (exact) mass is 231 g/mol. The van der Waals surface area contributed by atoms with Crippen LogP contribution in [-0.4, -0.2) is 17.7 Å². The van der Waals surface area contributed by atoms with E-state index in [4.69, 9.17) is 0 Å². The second-order valence-electron chi connectivity index (χ2n) is 3.44. The van der Waals surface area contributed by atoms with Crippen LogP contribution in [-0.2, 0) is 4.79 Å². The molecule has 0 saturated heterocycles. The second kappa shape index (κ2) is 4.25. The maximum Gasteiger partial charge on any atom is 0.298 e. The number of nitrogens with zero attached hydrogens (tertiary/aromatic N) is 2. The molecule has 1 aliphatic rings. The van der Waals surface area contributed by atoms with Gasteiger partial charge < -0.3 is 5.32 Å². The average Bonchev–Trinajstić information content (AvgIpc) is 2.34. The summed E-state index contributed by atoms with van der Waals surface area (Å²) in [7, 11) is 0. The first-order valence-electron chi connectivity index (χ1n) is 5.06. The van der Waals surface area contributed by atoms with E-state index in [0.717, 1.165) is 0 Å². The first-order chi connectivity index (χ1) is 8.13. The van der Waals surface area contributed by atoms with Gasteiger partial charge in [-0.25, -0.2) is 0 Å². The molecule has 0 aliphatic carbocycles. The Morgan fingerprint density at radius 1 is 1.24 bits per heavy atom. The van der Waals surface area contributed by atoms with Crippen molar-refractivity contribution in [2.24, 2.45) is 10.2 Å². The number of hydrogen-bond acceptors (Lipinski definition) is 3.